The van der Waals surface area contributed by atoms with Crippen molar-refractivity contribution < 1.29 is 4.79 Å². The van der Waals surface area contributed by atoms with Gasteiger partial charge in [0.2, 0.25) is 0 Å². The third kappa shape index (κ3) is 5.28. The maximum absolute atomic E-state index is 11.7. The van der Waals surface area contributed by atoms with Crippen LogP contribution in [0.3, 0.4) is 0 Å². The molecule has 0 heterocycles. The maximum atomic E-state index is 11.7. The Labute approximate surface area is 117 Å². The fourth-order valence-corrected chi connectivity index (χ4v) is 1.40. The van der Waals surface area contributed by atoms with Crippen LogP contribution < -0.4 is 10.6 Å². The molecule has 1 rings (SSSR count). The van der Waals surface area contributed by atoms with Crippen molar-refractivity contribution in [3.8, 4) is 6.07 Å². The lowest BCUT2D eigenvalue weighted by Crippen LogP contribution is -2.25. The summed E-state index contributed by atoms with van der Waals surface area (Å²) < 4.78 is 0. The molecule has 0 radical (unpaired) electrons. The van der Waals surface area contributed by atoms with E-state index in [2.05, 4.69) is 17.2 Å². The Morgan fingerprint density at radius 1 is 1.42 bits per heavy atom. The zero-order valence-corrected chi connectivity index (χ0v) is 11.1. The van der Waals surface area contributed by atoms with Gasteiger partial charge in [-0.05, 0) is 17.7 Å². The Morgan fingerprint density at radius 3 is 2.68 bits per heavy atom. The van der Waals surface area contributed by atoms with Gasteiger partial charge in [0.1, 0.15) is 11.6 Å². The summed E-state index contributed by atoms with van der Waals surface area (Å²) in [6, 6.07) is 8.96. The molecule has 0 bridgehead atoms. The van der Waals surface area contributed by atoms with Crippen LogP contribution in [0.4, 0.5) is 0 Å². The maximum Gasteiger partial charge on any atom is 0.263 e. The lowest BCUT2D eigenvalue weighted by Gasteiger charge is -2.05. The average Bonchev–Trinajstić information content (AvgIpc) is 2.43. The van der Waals surface area contributed by atoms with Gasteiger partial charge in [-0.3, -0.25) is 4.79 Å². The molecular weight excluding hydrogens is 262 g/mol. The third-order valence-electron chi connectivity index (χ3n) is 2.24. The van der Waals surface area contributed by atoms with Crippen molar-refractivity contribution in [2.75, 3.05) is 6.54 Å². The van der Waals surface area contributed by atoms with Crippen molar-refractivity contribution in [1.29, 1.82) is 5.26 Å². The van der Waals surface area contributed by atoms with Gasteiger partial charge in [0, 0.05) is 24.3 Å². The van der Waals surface area contributed by atoms with E-state index in [0.717, 1.165) is 5.56 Å². The average molecular weight is 276 g/mol. The monoisotopic (exact) mass is 275 g/mol. The predicted molar refractivity (Wildman–Crippen MR) is 75.2 cm³/mol. The molecule has 0 spiro atoms. The molecule has 1 aromatic rings. The summed E-state index contributed by atoms with van der Waals surface area (Å²) >= 11 is 5.76. The summed E-state index contributed by atoms with van der Waals surface area (Å²) in [7, 11) is 0. The van der Waals surface area contributed by atoms with E-state index in [1.807, 2.05) is 18.2 Å². The van der Waals surface area contributed by atoms with Crippen molar-refractivity contribution in [3.63, 3.8) is 0 Å². The summed E-state index contributed by atoms with van der Waals surface area (Å²) in [5.41, 5.74) is 0.935. The van der Waals surface area contributed by atoms with Crippen LogP contribution in [0.1, 0.15) is 5.56 Å². The largest absolute Gasteiger partial charge is 0.386 e. The van der Waals surface area contributed by atoms with Crippen LogP contribution in [-0.4, -0.2) is 12.5 Å². The number of nitriles is 1. The highest BCUT2D eigenvalue weighted by molar-refractivity contribution is 6.30. The summed E-state index contributed by atoms with van der Waals surface area (Å²) in [5, 5.41) is 15.0. The number of rotatable bonds is 6. The van der Waals surface area contributed by atoms with Crippen LogP contribution in [-0.2, 0) is 11.3 Å². The van der Waals surface area contributed by atoms with Gasteiger partial charge >= 0.3 is 0 Å². The van der Waals surface area contributed by atoms with Crippen molar-refractivity contribution >= 4 is 17.5 Å². The van der Waals surface area contributed by atoms with Crippen LogP contribution >= 0.6 is 11.6 Å². The number of hydrogen-bond acceptors (Lipinski definition) is 3. The SMILES string of the molecule is C=CCN/C=C(/C#N)C(=O)NCc1ccc(Cl)cc1. The summed E-state index contributed by atoms with van der Waals surface area (Å²) in [6.07, 6.45) is 3.01. The number of benzene rings is 1. The Hall–Kier alpha value is -2.25. The fraction of sp³-hybridized carbons (Fsp3) is 0.143. The molecule has 19 heavy (non-hydrogen) atoms. The number of halogens is 1. The van der Waals surface area contributed by atoms with E-state index < -0.39 is 5.91 Å². The molecular formula is C14H14ClN3O. The van der Waals surface area contributed by atoms with Gasteiger partial charge in [-0.1, -0.05) is 29.8 Å². The molecule has 0 aromatic heterocycles. The Balaban J connectivity index is 2.54. The molecule has 0 atom stereocenters. The first-order chi connectivity index (χ1) is 9.17. The molecule has 0 saturated carbocycles. The van der Waals surface area contributed by atoms with Crippen LogP contribution in [0.25, 0.3) is 0 Å². The van der Waals surface area contributed by atoms with Crippen LogP contribution in [0, 0.1) is 11.3 Å². The van der Waals surface area contributed by atoms with Gasteiger partial charge in [0.25, 0.3) is 5.91 Å². The van der Waals surface area contributed by atoms with Gasteiger partial charge in [-0.25, -0.2) is 0 Å². The molecule has 0 fully saturated rings. The molecule has 0 aliphatic rings. The van der Waals surface area contributed by atoms with Gasteiger partial charge in [0.15, 0.2) is 0 Å². The number of carbonyl (C=O) groups is 1. The third-order valence-corrected chi connectivity index (χ3v) is 2.49. The number of hydrogen-bond donors (Lipinski definition) is 2. The number of amides is 1. The lowest BCUT2D eigenvalue weighted by molar-refractivity contribution is -0.117. The van der Waals surface area contributed by atoms with E-state index in [9.17, 15) is 4.79 Å². The number of nitrogens with zero attached hydrogens (tertiary/aromatic N) is 1. The number of carbonyl (C=O) groups excluding carboxylic acids is 1. The van der Waals surface area contributed by atoms with E-state index >= 15 is 0 Å². The van der Waals surface area contributed by atoms with E-state index in [-0.39, 0.29) is 5.57 Å². The minimum Gasteiger partial charge on any atom is -0.386 e. The predicted octanol–water partition coefficient (Wildman–Crippen LogP) is 2.14. The van der Waals surface area contributed by atoms with E-state index in [1.54, 1.807) is 18.2 Å². The molecule has 4 nitrogen and oxygen atoms in total. The second-order valence-corrected chi connectivity index (χ2v) is 4.11. The van der Waals surface area contributed by atoms with Gasteiger partial charge < -0.3 is 10.6 Å². The Bertz CT molecular complexity index is 514. The highest BCUT2D eigenvalue weighted by Crippen LogP contribution is 2.09. The Morgan fingerprint density at radius 2 is 2.11 bits per heavy atom. The molecule has 98 valence electrons. The van der Waals surface area contributed by atoms with Crippen molar-refractivity contribution in [1.82, 2.24) is 10.6 Å². The lowest BCUT2D eigenvalue weighted by atomic mass is 10.2. The zero-order valence-electron chi connectivity index (χ0n) is 10.3. The normalized spacial score (nSPS) is 10.4. The summed E-state index contributed by atoms with van der Waals surface area (Å²) in [4.78, 5) is 11.7. The summed E-state index contributed by atoms with van der Waals surface area (Å²) in [6.45, 7) is 4.36. The van der Waals surface area contributed by atoms with E-state index in [4.69, 9.17) is 16.9 Å². The topological polar surface area (TPSA) is 64.9 Å². The summed E-state index contributed by atoms with van der Waals surface area (Å²) in [5.74, 6) is -0.422. The quantitative estimate of drug-likeness (QED) is 0.362. The number of nitrogens with one attached hydrogen (secondary N) is 2. The highest BCUT2D eigenvalue weighted by Gasteiger charge is 2.07. The second kappa shape index (κ2) is 7.96. The van der Waals surface area contributed by atoms with E-state index in [1.165, 1.54) is 6.20 Å². The smallest absolute Gasteiger partial charge is 0.263 e. The van der Waals surface area contributed by atoms with Crippen molar-refractivity contribution in [2.24, 2.45) is 0 Å². The molecule has 0 aliphatic heterocycles. The minimum absolute atomic E-state index is 0.0239. The van der Waals surface area contributed by atoms with Crippen LogP contribution in [0.5, 0.6) is 0 Å². The standard InChI is InChI=1S/C14H14ClN3O/c1-2-7-17-10-12(8-16)14(19)18-9-11-3-5-13(15)6-4-11/h2-6,10,17H,1,7,9H2,(H,18,19)/b12-10-. The second-order valence-electron chi connectivity index (χ2n) is 3.68. The molecule has 0 unspecified atom stereocenters. The molecule has 1 amide bonds. The fourth-order valence-electron chi connectivity index (χ4n) is 1.27. The van der Waals surface area contributed by atoms with Crippen molar-refractivity contribution in [2.45, 2.75) is 6.54 Å². The molecule has 2 N–H and O–H groups in total. The highest BCUT2D eigenvalue weighted by atomic mass is 35.5. The first-order valence-electron chi connectivity index (χ1n) is 5.64. The van der Waals surface area contributed by atoms with Gasteiger partial charge in [-0.15, -0.1) is 6.58 Å². The van der Waals surface area contributed by atoms with Gasteiger partial charge in [0.05, 0.1) is 0 Å². The zero-order chi connectivity index (χ0) is 14.1. The first kappa shape index (κ1) is 14.8. The molecule has 0 aliphatic carbocycles. The minimum atomic E-state index is -0.422. The molecule has 1 aromatic carbocycles. The molecule has 0 saturated heterocycles. The van der Waals surface area contributed by atoms with Crippen LogP contribution in [0.2, 0.25) is 5.02 Å². The molecule has 5 heteroatoms. The Kier molecular flexibility index (Phi) is 6.20. The first-order valence-corrected chi connectivity index (χ1v) is 6.02. The van der Waals surface area contributed by atoms with Gasteiger partial charge in [-0.2, -0.15) is 5.26 Å². The van der Waals surface area contributed by atoms with Crippen molar-refractivity contribution in [3.05, 3.63) is 59.3 Å². The van der Waals surface area contributed by atoms with E-state index in [0.29, 0.717) is 18.1 Å². The van der Waals surface area contributed by atoms with Crippen LogP contribution in [0.15, 0.2) is 48.7 Å².